The molecule has 2 nitrogen and oxygen atoms in total. The maximum absolute atomic E-state index is 11.9. The summed E-state index contributed by atoms with van der Waals surface area (Å²) < 4.78 is 5.51. The van der Waals surface area contributed by atoms with Crippen LogP contribution in [-0.2, 0) is 4.74 Å². The first kappa shape index (κ1) is 13.3. The van der Waals surface area contributed by atoms with Gasteiger partial charge in [0.1, 0.15) is 6.61 Å². The van der Waals surface area contributed by atoms with Crippen LogP contribution in [0.25, 0.3) is 0 Å². The van der Waals surface area contributed by atoms with E-state index in [9.17, 15) is 4.79 Å². The lowest BCUT2D eigenvalue weighted by Gasteiger charge is -2.25. The molecule has 0 N–H and O–H groups in total. The Kier molecular flexibility index (Phi) is 3.86. The molecule has 0 aromatic heterocycles. The fraction of sp³-hybridized carbons (Fsp3) is 0.562. The molecule has 0 spiro atoms. The molecular formula is C16H22O2. The number of hydrogen-bond acceptors (Lipinski definition) is 2. The number of hydrogen-bond donors (Lipinski definition) is 0. The number of ether oxygens (including phenoxy) is 1. The minimum atomic E-state index is -0.262. The van der Waals surface area contributed by atoms with Gasteiger partial charge in [-0.05, 0) is 45.1 Å². The molecule has 1 aliphatic carbocycles. The highest BCUT2D eigenvalue weighted by Crippen LogP contribution is 2.36. The molecule has 0 amide bonds. The second-order valence-electron chi connectivity index (χ2n) is 6.07. The Balaban J connectivity index is 1.94. The van der Waals surface area contributed by atoms with Crippen LogP contribution >= 0.6 is 0 Å². The van der Waals surface area contributed by atoms with Gasteiger partial charge in [0.2, 0.25) is 0 Å². The first-order chi connectivity index (χ1) is 8.46. The molecule has 1 aliphatic rings. The van der Waals surface area contributed by atoms with Crippen LogP contribution < -0.4 is 0 Å². The monoisotopic (exact) mass is 246 g/mol. The van der Waals surface area contributed by atoms with Crippen molar-refractivity contribution >= 4 is 5.78 Å². The Bertz CT molecular complexity index is 408. The molecule has 0 radical (unpaired) electrons. The van der Waals surface area contributed by atoms with Gasteiger partial charge in [-0.1, -0.05) is 30.7 Å². The molecule has 0 unspecified atom stereocenters. The van der Waals surface area contributed by atoms with Gasteiger partial charge >= 0.3 is 0 Å². The van der Waals surface area contributed by atoms with E-state index in [1.54, 1.807) is 0 Å². The van der Waals surface area contributed by atoms with Crippen LogP contribution in [0.2, 0.25) is 0 Å². The van der Waals surface area contributed by atoms with Crippen molar-refractivity contribution in [1.82, 2.24) is 0 Å². The Labute approximate surface area is 109 Å². The highest BCUT2D eigenvalue weighted by Gasteiger charge is 2.19. The van der Waals surface area contributed by atoms with E-state index in [4.69, 9.17) is 4.74 Å². The molecule has 0 saturated heterocycles. The second kappa shape index (κ2) is 5.23. The van der Waals surface area contributed by atoms with E-state index in [0.717, 1.165) is 11.5 Å². The molecular weight excluding hydrogens is 224 g/mol. The van der Waals surface area contributed by atoms with Crippen molar-refractivity contribution in [2.45, 2.75) is 51.6 Å². The van der Waals surface area contributed by atoms with Crippen molar-refractivity contribution in [3.8, 4) is 0 Å². The van der Waals surface area contributed by atoms with Crippen molar-refractivity contribution in [2.24, 2.45) is 0 Å². The van der Waals surface area contributed by atoms with Crippen LogP contribution in [0.4, 0.5) is 0 Å². The van der Waals surface area contributed by atoms with E-state index in [0.29, 0.717) is 0 Å². The molecule has 1 saturated carbocycles. The maximum atomic E-state index is 11.9. The van der Waals surface area contributed by atoms with E-state index < -0.39 is 0 Å². The molecule has 1 fully saturated rings. The van der Waals surface area contributed by atoms with Crippen molar-refractivity contribution in [3.63, 3.8) is 0 Å². The first-order valence-electron chi connectivity index (χ1n) is 6.73. The Morgan fingerprint density at radius 2 is 1.83 bits per heavy atom. The number of ketones is 1. The topological polar surface area (TPSA) is 26.3 Å². The van der Waals surface area contributed by atoms with Gasteiger partial charge in [0.15, 0.2) is 5.78 Å². The summed E-state index contributed by atoms with van der Waals surface area (Å²) in [6, 6.07) is 8.05. The lowest BCUT2D eigenvalue weighted by Crippen LogP contribution is -2.23. The second-order valence-corrected chi connectivity index (χ2v) is 6.07. The van der Waals surface area contributed by atoms with Crippen molar-refractivity contribution in [3.05, 3.63) is 35.4 Å². The molecule has 0 bridgehead atoms. The van der Waals surface area contributed by atoms with Crippen LogP contribution in [0, 0.1) is 0 Å². The standard InChI is InChI=1S/C16H22O2/c1-16(2,3)18-11-15(17)14-9-7-13(8-10-14)12-5-4-6-12/h7-10,12H,4-6,11H2,1-3H3. The fourth-order valence-corrected chi connectivity index (χ4v) is 2.05. The van der Waals surface area contributed by atoms with Crippen LogP contribution in [0.1, 0.15) is 61.9 Å². The van der Waals surface area contributed by atoms with Crippen molar-refractivity contribution in [2.75, 3.05) is 6.61 Å². The summed E-state index contributed by atoms with van der Waals surface area (Å²) in [4.78, 5) is 11.9. The summed E-state index contributed by atoms with van der Waals surface area (Å²) in [6.45, 7) is 6.03. The number of carbonyl (C=O) groups is 1. The lowest BCUT2D eigenvalue weighted by atomic mass is 9.80. The molecule has 2 rings (SSSR count). The number of benzene rings is 1. The molecule has 1 aromatic rings. The quantitative estimate of drug-likeness (QED) is 0.752. The minimum absolute atomic E-state index is 0.0603. The van der Waals surface area contributed by atoms with Gasteiger partial charge in [0.05, 0.1) is 5.60 Å². The zero-order valence-electron chi connectivity index (χ0n) is 11.5. The summed E-state index contributed by atoms with van der Waals surface area (Å²) in [7, 11) is 0. The summed E-state index contributed by atoms with van der Waals surface area (Å²) in [5, 5.41) is 0. The fourth-order valence-electron chi connectivity index (χ4n) is 2.05. The zero-order chi connectivity index (χ0) is 13.2. The zero-order valence-corrected chi connectivity index (χ0v) is 11.5. The summed E-state index contributed by atoms with van der Waals surface area (Å²) in [5.41, 5.74) is 1.86. The van der Waals surface area contributed by atoms with Gasteiger partial charge in [-0.3, -0.25) is 4.79 Å². The number of rotatable bonds is 4. The molecule has 0 aliphatic heterocycles. The van der Waals surface area contributed by atoms with Crippen LogP contribution in [0.3, 0.4) is 0 Å². The van der Waals surface area contributed by atoms with E-state index in [1.807, 2.05) is 32.9 Å². The van der Waals surface area contributed by atoms with Gasteiger partial charge in [-0.25, -0.2) is 0 Å². The van der Waals surface area contributed by atoms with Crippen LogP contribution in [0.15, 0.2) is 24.3 Å². The van der Waals surface area contributed by atoms with Crippen LogP contribution in [-0.4, -0.2) is 18.0 Å². The van der Waals surface area contributed by atoms with Crippen molar-refractivity contribution < 1.29 is 9.53 Å². The number of carbonyl (C=O) groups excluding carboxylic acids is 1. The van der Waals surface area contributed by atoms with E-state index in [1.165, 1.54) is 24.8 Å². The molecule has 0 atom stereocenters. The van der Waals surface area contributed by atoms with Crippen LogP contribution in [0.5, 0.6) is 0 Å². The molecule has 98 valence electrons. The summed E-state index contributed by atoms with van der Waals surface area (Å²) >= 11 is 0. The molecule has 0 heterocycles. The molecule has 2 heteroatoms. The third kappa shape index (κ3) is 3.42. The predicted molar refractivity (Wildman–Crippen MR) is 73.1 cm³/mol. The number of Topliss-reactive ketones (excluding diaryl/α,β-unsaturated/α-hetero) is 1. The average molecular weight is 246 g/mol. The average Bonchev–Trinajstić information content (AvgIpc) is 2.23. The SMILES string of the molecule is CC(C)(C)OCC(=O)c1ccc(C2CCC2)cc1. The van der Waals surface area contributed by atoms with Gasteiger partial charge in [0.25, 0.3) is 0 Å². The Morgan fingerprint density at radius 1 is 1.22 bits per heavy atom. The summed E-state index contributed by atoms with van der Waals surface area (Å²) in [6.07, 6.45) is 3.92. The summed E-state index contributed by atoms with van der Waals surface area (Å²) in [5.74, 6) is 0.782. The largest absolute Gasteiger partial charge is 0.368 e. The van der Waals surface area contributed by atoms with Gasteiger partial charge in [-0.15, -0.1) is 0 Å². The lowest BCUT2D eigenvalue weighted by molar-refractivity contribution is 0.00306. The normalized spacial score (nSPS) is 16.4. The van der Waals surface area contributed by atoms with E-state index >= 15 is 0 Å². The van der Waals surface area contributed by atoms with Gasteiger partial charge in [-0.2, -0.15) is 0 Å². The van der Waals surface area contributed by atoms with Gasteiger partial charge in [0, 0.05) is 5.56 Å². The van der Waals surface area contributed by atoms with Crippen molar-refractivity contribution in [1.29, 1.82) is 0 Å². The minimum Gasteiger partial charge on any atom is -0.368 e. The predicted octanol–water partition coefficient (Wildman–Crippen LogP) is 3.95. The van der Waals surface area contributed by atoms with Gasteiger partial charge < -0.3 is 4.74 Å². The Morgan fingerprint density at radius 3 is 2.28 bits per heavy atom. The molecule has 1 aromatic carbocycles. The third-order valence-corrected chi connectivity index (χ3v) is 3.45. The van der Waals surface area contributed by atoms with E-state index in [-0.39, 0.29) is 18.0 Å². The van der Waals surface area contributed by atoms with E-state index in [2.05, 4.69) is 12.1 Å². The molecule has 18 heavy (non-hydrogen) atoms. The highest BCUT2D eigenvalue weighted by atomic mass is 16.5. The first-order valence-corrected chi connectivity index (χ1v) is 6.73. The Hall–Kier alpha value is -1.15. The highest BCUT2D eigenvalue weighted by molar-refractivity contribution is 5.97. The smallest absolute Gasteiger partial charge is 0.188 e. The maximum Gasteiger partial charge on any atom is 0.188 e. The third-order valence-electron chi connectivity index (χ3n) is 3.45.